The van der Waals surface area contributed by atoms with E-state index in [0.717, 1.165) is 25.9 Å². The Balaban J connectivity index is 0.00000288. The molecule has 1 aliphatic heterocycles. The zero-order valence-electron chi connectivity index (χ0n) is 15.1. The van der Waals surface area contributed by atoms with Crippen molar-refractivity contribution in [1.82, 2.24) is 15.6 Å². The van der Waals surface area contributed by atoms with Crippen LogP contribution in [0.2, 0.25) is 0 Å². The van der Waals surface area contributed by atoms with Crippen molar-refractivity contribution < 1.29 is 9.53 Å². The highest BCUT2D eigenvalue weighted by atomic mass is 35.5. The monoisotopic (exact) mass is 392 g/mol. The minimum atomic E-state index is -0.0877. The molecule has 0 aromatic carbocycles. The van der Waals surface area contributed by atoms with Gasteiger partial charge in [-0.15, -0.1) is 24.8 Å². The molecular formula is C17H30Cl2N4O2. The van der Waals surface area contributed by atoms with Gasteiger partial charge in [-0.05, 0) is 51.9 Å². The van der Waals surface area contributed by atoms with Crippen molar-refractivity contribution in [3.05, 3.63) is 23.9 Å². The summed E-state index contributed by atoms with van der Waals surface area (Å²) in [7, 11) is 1.72. The minimum Gasteiger partial charge on any atom is -0.384 e. The van der Waals surface area contributed by atoms with E-state index in [-0.39, 0.29) is 42.2 Å². The molecule has 0 saturated carbocycles. The smallest absolute Gasteiger partial charge is 0.255 e. The molecule has 0 radical (unpaired) electrons. The second-order valence-corrected chi connectivity index (χ2v) is 6.56. The number of carbonyl (C=O) groups excluding carboxylic acids is 1. The van der Waals surface area contributed by atoms with Crippen LogP contribution in [-0.2, 0) is 4.74 Å². The first kappa shape index (κ1) is 23.9. The van der Waals surface area contributed by atoms with Crippen molar-refractivity contribution in [2.24, 2.45) is 5.41 Å². The number of pyridine rings is 1. The highest BCUT2D eigenvalue weighted by molar-refractivity contribution is 5.98. The Bertz CT molecular complexity index is 518. The Labute approximate surface area is 162 Å². The molecule has 1 aromatic rings. The van der Waals surface area contributed by atoms with Gasteiger partial charge in [0.1, 0.15) is 5.82 Å². The van der Waals surface area contributed by atoms with Gasteiger partial charge >= 0.3 is 0 Å². The number of ether oxygens (including phenoxy) is 1. The van der Waals surface area contributed by atoms with Crippen LogP contribution in [0.25, 0.3) is 0 Å². The van der Waals surface area contributed by atoms with Gasteiger partial charge in [-0.3, -0.25) is 4.79 Å². The quantitative estimate of drug-likeness (QED) is 0.664. The lowest BCUT2D eigenvalue weighted by Crippen LogP contribution is -2.47. The summed E-state index contributed by atoms with van der Waals surface area (Å²) in [5.41, 5.74) is 0.603. The standard InChI is InChI=1S/C17H28N4O2.2ClH/c1-13(2)21-15-14(5-4-8-19-15)16(22)20-11-17(12-23-3)6-9-18-10-7-17;;/h4-5,8,13,18H,6-7,9-12H2,1-3H3,(H,19,21)(H,20,22);2*1H. The molecule has 1 amide bonds. The molecule has 3 N–H and O–H groups in total. The van der Waals surface area contributed by atoms with Crippen molar-refractivity contribution in [3.63, 3.8) is 0 Å². The number of carbonyl (C=O) groups is 1. The number of anilines is 1. The lowest BCUT2D eigenvalue weighted by molar-refractivity contribution is 0.0512. The Morgan fingerprint density at radius 3 is 2.64 bits per heavy atom. The Kier molecular flexibility index (Phi) is 11.0. The number of piperidine rings is 1. The Hall–Kier alpha value is -1.08. The summed E-state index contributed by atoms with van der Waals surface area (Å²) in [6, 6.07) is 3.81. The zero-order valence-corrected chi connectivity index (χ0v) is 16.8. The van der Waals surface area contributed by atoms with E-state index in [1.807, 2.05) is 13.8 Å². The first-order valence-electron chi connectivity index (χ1n) is 8.26. The van der Waals surface area contributed by atoms with Gasteiger partial charge in [0, 0.05) is 31.3 Å². The number of amides is 1. The molecule has 1 aliphatic rings. The minimum absolute atomic E-state index is 0. The predicted octanol–water partition coefficient (Wildman–Crippen LogP) is 2.49. The number of methoxy groups -OCH3 is 1. The van der Waals surface area contributed by atoms with Gasteiger partial charge in [-0.25, -0.2) is 4.98 Å². The first-order valence-corrected chi connectivity index (χ1v) is 8.26. The Morgan fingerprint density at radius 2 is 2.04 bits per heavy atom. The topological polar surface area (TPSA) is 75.3 Å². The van der Waals surface area contributed by atoms with E-state index in [0.29, 0.717) is 24.5 Å². The fourth-order valence-electron chi connectivity index (χ4n) is 2.98. The molecule has 0 atom stereocenters. The van der Waals surface area contributed by atoms with E-state index in [4.69, 9.17) is 4.74 Å². The summed E-state index contributed by atoms with van der Waals surface area (Å²) in [6.45, 7) is 7.27. The largest absolute Gasteiger partial charge is 0.384 e. The Morgan fingerprint density at radius 1 is 1.36 bits per heavy atom. The van der Waals surface area contributed by atoms with E-state index in [2.05, 4.69) is 20.9 Å². The van der Waals surface area contributed by atoms with Crippen LogP contribution in [0.3, 0.4) is 0 Å². The molecule has 0 spiro atoms. The summed E-state index contributed by atoms with van der Waals surface area (Å²) in [5.74, 6) is 0.543. The fourth-order valence-corrected chi connectivity index (χ4v) is 2.98. The maximum atomic E-state index is 12.6. The second kappa shape index (κ2) is 11.5. The molecule has 8 heteroatoms. The maximum Gasteiger partial charge on any atom is 0.255 e. The molecule has 0 unspecified atom stereocenters. The van der Waals surface area contributed by atoms with Crippen molar-refractivity contribution >= 4 is 36.5 Å². The highest BCUT2D eigenvalue weighted by Gasteiger charge is 2.32. The van der Waals surface area contributed by atoms with Crippen molar-refractivity contribution in [1.29, 1.82) is 0 Å². The number of hydrogen-bond acceptors (Lipinski definition) is 5. The summed E-state index contributed by atoms with van der Waals surface area (Å²) >= 11 is 0. The van der Waals surface area contributed by atoms with Gasteiger partial charge in [0.25, 0.3) is 5.91 Å². The lowest BCUT2D eigenvalue weighted by Gasteiger charge is -2.37. The van der Waals surface area contributed by atoms with E-state index < -0.39 is 0 Å². The van der Waals surface area contributed by atoms with Crippen LogP contribution in [0.15, 0.2) is 18.3 Å². The normalized spacial score (nSPS) is 15.7. The lowest BCUT2D eigenvalue weighted by atomic mass is 9.79. The molecule has 6 nitrogen and oxygen atoms in total. The molecule has 2 heterocycles. The number of nitrogens with one attached hydrogen (secondary N) is 3. The molecule has 144 valence electrons. The molecule has 25 heavy (non-hydrogen) atoms. The molecule has 2 rings (SSSR count). The third-order valence-corrected chi connectivity index (χ3v) is 4.22. The summed E-state index contributed by atoms with van der Waals surface area (Å²) < 4.78 is 5.40. The van der Waals surface area contributed by atoms with E-state index in [9.17, 15) is 4.79 Å². The van der Waals surface area contributed by atoms with E-state index in [1.165, 1.54) is 0 Å². The molecular weight excluding hydrogens is 363 g/mol. The third kappa shape index (κ3) is 6.98. The first-order chi connectivity index (χ1) is 11.1. The third-order valence-electron chi connectivity index (χ3n) is 4.22. The van der Waals surface area contributed by atoms with Crippen molar-refractivity contribution in [3.8, 4) is 0 Å². The fraction of sp³-hybridized carbons (Fsp3) is 0.647. The molecule has 1 saturated heterocycles. The summed E-state index contributed by atoms with van der Waals surface area (Å²) in [4.78, 5) is 16.9. The summed E-state index contributed by atoms with van der Waals surface area (Å²) in [5, 5.41) is 9.66. The van der Waals surface area contributed by atoms with Crippen LogP contribution >= 0.6 is 24.8 Å². The number of halogens is 2. The van der Waals surface area contributed by atoms with Crippen molar-refractivity contribution in [2.75, 3.05) is 38.7 Å². The van der Waals surface area contributed by atoms with Gasteiger partial charge in [0.05, 0.1) is 12.2 Å². The summed E-state index contributed by atoms with van der Waals surface area (Å²) in [6.07, 6.45) is 3.71. The second-order valence-electron chi connectivity index (χ2n) is 6.56. The molecule has 1 aromatic heterocycles. The molecule has 1 fully saturated rings. The highest BCUT2D eigenvalue weighted by Crippen LogP contribution is 2.28. The van der Waals surface area contributed by atoms with Gasteiger partial charge < -0.3 is 20.7 Å². The maximum absolute atomic E-state index is 12.6. The van der Waals surface area contributed by atoms with Crippen LogP contribution in [-0.4, -0.2) is 50.3 Å². The number of aromatic nitrogens is 1. The molecule has 0 bridgehead atoms. The van der Waals surface area contributed by atoms with Gasteiger partial charge in [-0.2, -0.15) is 0 Å². The van der Waals surface area contributed by atoms with Crippen LogP contribution in [0.1, 0.15) is 37.0 Å². The van der Waals surface area contributed by atoms with Gasteiger partial charge in [0.15, 0.2) is 0 Å². The van der Waals surface area contributed by atoms with Gasteiger partial charge in [-0.1, -0.05) is 0 Å². The van der Waals surface area contributed by atoms with Crippen LogP contribution in [0.4, 0.5) is 5.82 Å². The van der Waals surface area contributed by atoms with Crippen LogP contribution in [0.5, 0.6) is 0 Å². The SMILES string of the molecule is COCC1(CNC(=O)c2cccnc2NC(C)C)CCNCC1.Cl.Cl. The number of nitrogens with zero attached hydrogens (tertiary/aromatic N) is 1. The molecule has 0 aliphatic carbocycles. The average Bonchev–Trinajstić information content (AvgIpc) is 2.54. The van der Waals surface area contributed by atoms with E-state index >= 15 is 0 Å². The predicted molar refractivity (Wildman–Crippen MR) is 106 cm³/mol. The van der Waals surface area contributed by atoms with Crippen LogP contribution in [0, 0.1) is 5.41 Å². The average molecular weight is 393 g/mol. The van der Waals surface area contributed by atoms with E-state index in [1.54, 1.807) is 25.4 Å². The van der Waals surface area contributed by atoms with Gasteiger partial charge in [0.2, 0.25) is 0 Å². The van der Waals surface area contributed by atoms with Crippen LogP contribution < -0.4 is 16.0 Å². The number of rotatable bonds is 7. The zero-order chi connectivity index (χ0) is 16.7. The number of hydrogen-bond donors (Lipinski definition) is 3. The van der Waals surface area contributed by atoms with Crippen molar-refractivity contribution in [2.45, 2.75) is 32.7 Å².